The molecule has 1 amide bonds. The van der Waals surface area contributed by atoms with Crippen LogP contribution in [-0.2, 0) is 9.53 Å². The minimum absolute atomic E-state index is 0.0126. The van der Waals surface area contributed by atoms with Crippen LogP contribution in [-0.4, -0.2) is 56.2 Å². The van der Waals surface area contributed by atoms with Gasteiger partial charge < -0.3 is 20.7 Å². The van der Waals surface area contributed by atoms with E-state index in [1.807, 2.05) is 7.05 Å². The summed E-state index contributed by atoms with van der Waals surface area (Å²) in [5, 5.41) is 2.93. The van der Waals surface area contributed by atoms with Crippen molar-refractivity contribution in [1.82, 2.24) is 10.2 Å². The number of hydrogen-bond donors (Lipinski definition) is 2. The molecule has 0 spiro atoms. The Morgan fingerprint density at radius 1 is 1.50 bits per heavy atom. The zero-order valence-electron chi connectivity index (χ0n) is 11.2. The maximum absolute atomic E-state index is 12.1. The first-order valence-corrected chi connectivity index (χ1v) is 6.69. The fourth-order valence-electron chi connectivity index (χ4n) is 2.00. The summed E-state index contributed by atoms with van der Waals surface area (Å²) in [7, 11) is 3.68. The van der Waals surface area contributed by atoms with E-state index < -0.39 is 5.41 Å². The lowest BCUT2D eigenvalue weighted by Crippen LogP contribution is -2.54. The van der Waals surface area contributed by atoms with Crippen LogP contribution in [0, 0.1) is 5.41 Å². The predicted molar refractivity (Wildman–Crippen MR) is 75.5 cm³/mol. The molecule has 0 radical (unpaired) electrons. The van der Waals surface area contributed by atoms with E-state index in [2.05, 4.69) is 10.2 Å². The molecule has 6 heteroatoms. The highest BCUT2D eigenvalue weighted by Gasteiger charge is 2.46. The molecule has 0 unspecified atom stereocenters. The Hall–Kier alpha value is -0.720. The summed E-state index contributed by atoms with van der Waals surface area (Å²) in [6.07, 6.45) is 2.60. The molecule has 1 fully saturated rings. The Kier molecular flexibility index (Phi) is 5.98. The minimum Gasteiger partial charge on any atom is -0.392 e. The number of carbonyl (C=O) groups is 1. The average Bonchev–Trinajstić information content (AvgIpc) is 2.24. The van der Waals surface area contributed by atoms with Crippen LogP contribution in [0.15, 0.2) is 0 Å². The molecule has 0 aromatic rings. The van der Waals surface area contributed by atoms with Crippen LogP contribution in [0.4, 0.5) is 0 Å². The molecule has 0 aromatic heterocycles. The maximum atomic E-state index is 12.1. The molecule has 0 aromatic carbocycles. The molecule has 1 saturated carbocycles. The molecule has 1 rings (SSSR count). The summed E-state index contributed by atoms with van der Waals surface area (Å²) >= 11 is 5.01. The van der Waals surface area contributed by atoms with E-state index >= 15 is 0 Å². The van der Waals surface area contributed by atoms with Gasteiger partial charge in [0.15, 0.2) is 0 Å². The SMILES string of the molecule is COCCN(C)CCNC(=O)C1(C(N)=S)CCC1. The van der Waals surface area contributed by atoms with Crippen LogP contribution < -0.4 is 11.1 Å². The monoisotopic (exact) mass is 273 g/mol. The van der Waals surface area contributed by atoms with Gasteiger partial charge in [-0.3, -0.25) is 4.79 Å². The van der Waals surface area contributed by atoms with Crippen molar-refractivity contribution in [3.05, 3.63) is 0 Å². The summed E-state index contributed by atoms with van der Waals surface area (Å²) in [5.41, 5.74) is 5.11. The minimum atomic E-state index is -0.569. The first-order valence-electron chi connectivity index (χ1n) is 6.28. The number of nitrogens with two attached hydrogens (primary N) is 1. The van der Waals surface area contributed by atoms with Crippen molar-refractivity contribution in [2.45, 2.75) is 19.3 Å². The number of thiocarbonyl (C=S) groups is 1. The van der Waals surface area contributed by atoms with Crippen molar-refractivity contribution in [3.8, 4) is 0 Å². The average molecular weight is 273 g/mol. The second kappa shape index (κ2) is 7.01. The lowest BCUT2D eigenvalue weighted by Gasteiger charge is -2.39. The van der Waals surface area contributed by atoms with E-state index in [0.29, 0.717) is 18.1 Å². The number of nitrogens with zero attached hydrogens (tertiary/aromatic N) is 1. The van der Waals surface area contributed by atoms with Crippen LogP contribution >= 0.6 is 12.2 Å². The van der Waals surface area contributed by atoms with Crippen molar-refractivity contribution >= 4 is 23.1 Å². The van der Waals surface area contributed by atoms with Gasteiger partial charge in [0, 0.05) is 26.7 Å². The van der Waals surface area contributed by atoms with Gasteiger partial charge in [0.25, 0.3) is 0 Å². The Labute approximate surface area is 114 Å². The lowest BCUT2D eigenvalue weighted by molar-refractivity contribution is -0.130. The largest absolute Gasteiger partial charge is 0.392 e. The quantitative estimate of drug-likeness (QED) is 0.616. The molecule has 104 valence electrons. The van der Waals surface area contributed by atoms with Gasteiger partial charge in [-0.1, -0.05) is 18.6 Å². The number of carbonyl (C=O) groups excluding carboxylic acids is 1. The van der Waals surface area contributed by atoms with Crippen LogP contribution in [0.25, 0.3) is 0 Å². The molecular weight excluding hydrogens is 250 g/mol. The van der Waals surface area contributed by atoms with Crippen LogP contribution in [0.2, 0.25) is 0 Å². The fraction of sp³-hybridized carbons (Fsp3) is 0.833. The number of likely N-dealkylation sites (N-methyl/N-ethyl adjacent to an activating group) is 1. The van der Waals surface area contributed by atoms with E-state index in [9.17, 15) is 4.79 Å². The summed E-state index contributed by atoms with van der Waals surface area (Å²) in [6, 6.07) is 0. The highest BCUT2D eigenvalue weighted by atomic mass is 32.1. The van der Waals surface area contributed by atoms with Crippen LogP contribution in [0.3, 0.4) is 0 Å². The summed E-state index contributed by atoms with van der Waals surface area (Å²) < 4.78 is 4.99. The van der Waals surface area contributed by atoms with Gasteiger partial charge in [-0.2, -0.15) is 0 Å². The Morgan fingerprint density at radius 2 is 2.17 bits per heavy atom. The van der Waals surface area contributed by atoms with Crippen molar-refractivity contribution in [3.63, 3.8) is 0 Å². The third-order valence-electron chi connectivity index (χ3n) is 3.57. The van der Waals surface area contributed by atoms with Gasteiger partial charge in [0.05, 0.1) is 17.0 Å². The molecule has 0 saturated heterocycles. The second-order valence-electron chi connectivity index (χ2n) is 4.85. The molecule has 0 aliphatic heterocycles. The number of rotatable bonds is 8. The topological polar surface area (TPSA) is 67.6 Å². The molecule has 5 nitrogen and oxygen atoms in total. The Morgan fingerprint density at radius 3 is 2.61 bits per heavy atom. The van der Waals surface area contributed by atoms with Crippen molar-refractivity contribution in [2.24, 2.45) is 11.1 Å². The number of amides is 1. The number of nitrogens with one attached hydrogen (secondary N) is 1. The zero-order valence-corrected chi connectivity index (χ0v) is 12.0. The van der Waals surface area contributed by atoms with E-state index in [1.165, 1.54) is 0 Å². The Bertz CT molecular complexity index is 306. The summed E-state index contributed by atoms with van der Waals surface area (Å²) in [4.78, 5) is 14.5. The van der Waals surface area contributed by atoms with Crippen LogP contribution in [0.5, 0.6) is 0 Å². The molecule has 0 bridgehead atoms. The van der Waals surface area contributed by atoms with Gasteiger partial charge in [-0.25, -0.2) is 0 Å². The number of hydrogen-bond acceptors (Lipinski definition) is 4. The first kappa shape index (κ1) is 15.3. The van der Waals surface area contributed by atoms with Crippen LogP contribution in [0.1, 0.15) is 19.3 Å². The highest BCUT2D eigenvalue weighted by molar-refractivity contribution is 7.80. The van der Waals surface area contributed by atoms with Gasteiger partial charge >= 0.3 is 0 Å². The molecule has 0 heterocycles. The third kappa shape index (κ3) is 3.63. The van der Waals surface area contributed by atoms with Gasteiger partial charge in [0.2, 0.25) is 5.91 Å². The van der Waals surface area contributed by atoms with Crippen molar-refractivity contribution < 1.29 is 9.53 Å². The zero-order chi connectivity index (χ0) is 13.6. The first-order chi connectivity index (χ1) is 8.53. The molecule has 1 aliphatic carbocycles. The number of methoxy groups -OCH3 is 1. The van der Waals surface area contributed by atoms with Gasteiger partial charge in [-0.05, 0) is 19.9 Å². The summed E-state index contributed by atoms with van der Waals surface area (Å²) in [5.74, 6) is -0.0126. The third-order valence-corrected chi connectivity index (χ3v) is 3.96. The molecule has 1 aliphatic rings. The normalized spacial score (nSPS) is 17.3. The smallest absolute Gasteiger partial charge is 0.233 e. The maximum Gasteiger partial charge on any atom is 0.233 e. The van der Waals surface area contributed by atoms with E-state index in [4.69, 9.17) is 22.7 Å². The molecule has 3 N–H and O–H groups in total. The van der Waals surface area contributed by atoms with Crippen molar-refractivity contribution in [1.29, 1.82) is 0 Å². The van der Waals surface area contributed by atoms with Gasteiger partial charge in [0.1, 0.15) is 0 Å². The second-order valence-corrected chi connectivity index (χ2v) is 5.29. The van der Waals surface area contributed by atoms with E-state index in [1.54, 1.807) is 7.11 Å². The lowest BCUT2D eigenvalue weighted by atomic mass is 9.68. The van der Waals surface area contributed by atoms with Gasteiger partial charge in [-0.15, -0.1) is 0 Å². The number of ether oxygens (including phenoxy) is 1. The molecule has 0 atom stereocenters. The highest BCUT2D eigenvalue weighted by Crippen LogP contribution is 2.41. The molecule has 18 heavy (non-hydrogen) atoms. The van der Waals surface area contributed by atoms with Crippen molar-refractivity contribution in [2.75, 3.05) is 40.4 Å². The summed E-state index contributed by atoms with van der Waals surface area (Å²) in [6.45, 7) is 2.96. The van der Waals surface area contributed by atoms with E-state index in [0.717, 1.165) is 32.4 Å². The predicted octanol–water partition coefficient (Wildman–Crippen LogP) is 0.137. The van der Waals surface area contributed by atoms with E-state index in [-0.39, 0.29) is 5.91 Å². The molecular formula is C12H23N3O2S. The Balaban J connectivity index is 2.27. The fourth-order valence-corrected chi connectivity index (χ4v) is 2.30. The standard InChI is InChI=1S/C12H23N3O2S/c1-15(8-9-17-2)7-6-14-11(16)12(10(13)18)4-3-5-12/h3-9H2,1-2H3,(H2,13,18)(H,14,16).